The Bertz CT molecular complexity index is 430. The summed E-state index contributed by atoms with van der Waals surface area (Å²) in [6.07, 6.45) is 22.5. The van der Waals surface area contributed by atoms with Crippen molar-refractivity contribution in [3.8, 4) is 0 Å². The van der Waals surface area contributed by atoms with E-state index in [9.17, 15) is 0 Å². The van der Waals surface area contributed by atoms with Crippen LogP contribution in [-0.4, -0.2) is 11.1 Å². The minimum Gasteiger partial charge on any atom is -0.384 e. The largest absolute Gasteiger partial charge is 0.384 e. The Labute approximate surface area is 147 Å². The van der Waals surface area contributed by atoms with Crippen LogP contribution in [0, 0.1) is 35.5 Å². The van der Waals surface area contributed by atoms with Gasteiger partial charge in [-0.2, -0.15) is 0 Å². The molecule has 0 atom stereocenters. The van der Waals surface area contributed by atoms with E-state index in [0.29, 0.717) is 11.1 Å². The zero-order valence-corrected chi connectivity index (χ0v) is 15.1. The number of hydrogen-bond acceptors (Lipinski definition) is 2. The lowest BCUT2D eigenvalue weighted by Crippen LogP contribution is -2.58. The Hall–Kier alpha value is -0.660. The number of rotatable bonds is 4. The van der Waals surface area contributed by atoms with Crippen LogP contribution in [0.1, 0.15) is 77.0 Å². The first kappa shape index (κ1) is 14.5. The maximum absolute atomic E-state index is 3.92. The summed E-state index contributed by atoms with van der Waals surface area (Å²) in [6, 6.07) is 0. The Balaban J connectivity index is 1.11. The van der Waals surface area contributed by atoms with Crippen LogP contribution in [0.25, 0.3) is 0 Å². The predicted octanol–water partition coefficient (Wildman–Crippen LogP) is 4.57. The molecule has 0 aromatic heterocycles. The van der Waals surface area contributed by atoms with Crippen LogP contribution in [0.5, 0.6) is 0 Å². The molecule has 0 amide bonds. The van der Waals surface area contributed by atoms with Crippen molar-refractivity contribution < 1.29 is 0 Å². The Kier molecular flexibility index (Phi) is 2.99. The van der Waals surface area contributed by atoms with E-state index in [2.05, 4.69) is 23.0 Å². The molecule has 8 rings (SSSR count). The van der Waals surface area contributed by atoms with E-state index in [0.717, 1.165) is 35.5 Å². The van der Waals surface area contributed by atoms with Crippen LogP contribution >= 0.6 is 0 Å². The van der Waals surface area contributed by atoms with Crippen molar-refractivity contribution in [3.05, 3.63) is 12.4 Å². The molecule has 132 valence electrons. The lowest BCUT2D eigenvalue weighted by molar-refractivity contribution is -0.0157. The third-order valence-corrected chi connectivity index (χ3v) is 8.94. The van der Waals surface area contributed by atoms with E-state index in [1.54, 1.807) is 0 Å². The van der Waals surface area contributed by atoms with Gasteiger partial charge < -0.3 is 10.6 Å². The zero-order valence-electron chi connectivity index (χ0n) is 15.1. The Morgan fingerprint density at radius 3 is 0.958 bits per heavy atom. The molecule has 8 fully saturated rings. The summed E-state index contributed by atoms with van der Waals surface area (Å²) in [5.41, 5.74) is 0.933. The molecule has 0 unspecified atom stereocenters. The minimum atomic E-state index is 0.467. The Morgan fingerprint density at radius 1 is 0.458 bits per heavy atom. The van der Waals surface area contributed by atoms with Gasteiger partial charge in [-0.25, -0.2) is 0 Å². The second-order valence-corrected chi connectivity index (χ2v) is 11.0. The maximum atomic E-state index is 3.92. The molecule has 0 aliphatic heterocycles. The van der Waals surface area contributed by atoms with Crippen molar-refractivity contribution in [1.29, 1.82) is 0 Å². The van der Waals surface area contributed by atoms with E-state index in [4.69, 9.17) is 0 Å². The molecule has 2 N–H and O–H groups in total. The van der Waals surface area contributed by atoms with Crippen molar-refractivity contribution in [3.63, 3.8) is 0 Å². The summed E-state index contributed by atoms with van der Waals surface area (Å²) in [5.74, 6) is 6.21. The van der Waals surface area contributed by atoms with Gasteiger partial charge in [0.1, 0.15) is 0 Å². The van der Waals surface area contributed by atoms with E-state index < -0.39 is 0 Å². The smallest absolute Gasteiger partial charge is 0.0376 e. The first-order chi connectivity index (χ1) is 11.7. The van der Waals surface area contributed by atoms with Gasteiger partial charge in [-0.1, -0.05) is 0 Å². The average Bonchev–Trinajstić information content (AvgIpc) is 2.49. The molecule has 0 heterocycles. The first-order valence-electron chi connectivity index (χ1n) is 10.9. The van der Waals surface area contributed by atoms with Crippen LogP contribution in [-0.2, 0) is 0 Å². The highest BCUT2D eigenvalue weighted by atomic mass is 15.0. The van der Waals surface area contributed by atoms with Gasteiger partial charge >= 0.3 is 0 Å². The molecule has 0 spiro atoms. The highest BCUT2D eigenvalue weighted by Crippen LogP contribution is 2.56. The fourth-order valence-corrected chi connectivity index (χ4v) is 9.01. The van der Waals surface area contributed by atoms with Crippen molar-refractivity contribution >= 4 is 0 Å². The quantitative estimate of drug-likeness (QED) is 0.790. The molecule has 0 aromatic carbocycles. The van der Waals surface area contributed by atoms with Gasteiger partial charge in [0.15, 0.2) is 0 Å². The fourth-order valence-electron chi connectivity index (χ4n) is 9.01. The SMILES string of the molecule is C(=C/NC12CC3CC(CC(C3)C1)C2)/NC12CC3CC(CC(C3)C1)C2. The molecule has 2 nitrogen and oxygen atoms in total. The summed E-state index contributed by atoms with van der Waals surface area (Å²) < 4.78 is 0. The van der Waals surface area contributed by atoms with Crippen LogP contribution < -0.4 is 10.6 Å². The van der Waals surface area contributed by atoms with Gasteiger partial charge in [-0.3, -0.25) is 0 Å². The third-order valence-electron chi connectivity index (χ3n) is 8.94. The minimum absolute atomic E-state index is 0.467. The van der Waals surface area contributed by atoms with Gasteiger partial charge in [0, 0.05) is 23.5 Å². The standard InChI is InChI=1S/C22H34N2/c1(23-21-9-15-3-16(10-21)5-17(4-15)11-21)2-24-22-12-18-6-19(13-22)8-20(7-18)14-22/h1-2,15-20,23-24H,3-14H2/b2-1-. The fraction of sp³-hybridized carbons (Fsp3) is 0.909. The summed E-state index contributed by atoms with van der Waals surface area (Å²) in [6.45, 7) is 0. The zero-order chi connectivity index (χ0) is 15.8. The summed E-state index contributed by atoms with van der Waals surface area (Å²) in [7, 11) is 0. The number of hydrogen-bond donors (Lipinski definition) is 2. The van der Waals surface area contributed by atoms with E-state index in [-0.39, 0.29) is 0 Å². The van der Waals surface area contributed by atoms with Crippen LogP contribution in [0.3, 0.4) is 0 Å². The van der Waals surface area contributed by atoms with E-state index in [1.807, 2.05) is 0 Å². The molecule has 0 saturated heterocycles. The topological polar surface area (TPSA) is 24.1 Å². The second kappa shape index (κ2) is 4.95. The van der Waals surface area contributed by atoms with Crippen molar-refractivity contribution in [2.45, 2.75) is 88.1 Å². The molecule has 0 aromatic rings. The van der Waals surface area contributed by atoms with Gasteiger partial charge in [-0.15, -0.1) is 0 Å². The molecule has 2 heteroatoms. The van der Waals surface area contributed by atoms with Crippen LogP contribution in [0.2, 0.25) is 0 Å². The lowest BCUT2D eigenvalue weighted by atomic mass is 9.53. The molecular formula is C22H34N2. The number of nitrogens with one attached hydrogen (secondary N) is 2. The van der Waals surface area contributed by atoms with Gasteiger partial charge in [0.05, 0.1) is 0 Å². The average molecular weight is 327 g/mol. The molecule has 24 heavy (non-hydrogen) atoms. The highest BCUT2D eigenvalue weighted by molar-refractivity contribution is 5.11. The Morgan fingerprint density at radius 2 is 0.708 bits per heavy atom. The highest BCUT2D eigenvalue weighted by Gasteiger charge is 2.51. The maximum Gasteiger partial charge on any atom is 0.0376 e. The van der Waals surface area contributed by atoms with Gasteiger partial charge in [0.2, 0.25) is 0 Å². The molecular weight excluding hydrogens is 292 g/mol. The molecule has 8 aliphatic rings. The normalized spacial score (nSPS) is 57.0. The van der Waals surface area contributed by atoms with Gasteiger partial charge in [-0.05, 0) is 113 Å². The third kappa shape index (κ3) is 2.27. The van der Waals surface area contributed by atoms with E-state index >= 15 is 0 Å². The molecule has 8 aliphatic carbocycles. The predicted molar refractivity (Wildman–Crippen MR) is 97.2 cm³/mol. The molecule has 8 bridgehead atoms. The summed E-state index contributed by atoms with van der Waals surface area (Å²) in [4.78, 5) is 0. The molecule has 0 radical (unpaired) electrons. The summed E-state index contributed by atoms with van der Waals surface area (Å²) in [5, 5.41) is 7.83. The van der Waals surface area contributed by atoms with Crippen molar-refractivity contribution in [2.24, 2.45) is 35.5 Å². The molecule has 8 saturated carbocycles. The first-order valence-corrected chi connectivity index (χ1v) is 10.9. The van der Waals surface area contributed by atoms with E-state index in [1.165, 1.54) is 77.0 Å². The van der Waals surface area contributed by atoms with Crippen LogP contribution in [0.15, 0.2) is 12.4 Å². The monoisotopic (exact) mass is 326 g/mol. The van der Waals surface area contributed by atoms with Crippen LogP contribution in [0.4, 0.5) is 0 Å². The van der Waals surface area contributed by atoms with Crippen molar-refractivity contribution in [1.82, 2.24) is 10.6 Å². The van der Waals surface area contributed by atoms with Gasteiger partial charge in [0.25, 0.3) is 0 Å². The second-order valence-electron chi connectivity index (χ2n) is 11.0. The lowest BCUT2D eigenvalue weighted by Gasteiger charge is -2.57. The van der Waals surface area contributed by atoms with Crippen molar-refractivity contribution in [2.75, 3.05) is 0 Å². The summed E-state index contributed by atoms with van der Waals surface area (Å²) >= 11 is 0.